The lowest BCUT2D eigenvalue weighted by Gasteiger charge is -2.34. The Kier molecular flexibility index (Phi) is 12.3. The van der Waals surface area contributed by atoms with Crippen LogP contribution < -0.4 is 9.80 Å². The molecule has 3 aliphatic carbocycles. The van der Waals surface area contributed by atoms with Gasteiger partial charge in [-0.2, -0.15) is 0 Å². The molecule has 0 aliphatic heterocycles. The van der Waals surface area contributed by atoms with E-state index in [4.69, 9.17) is 0 Å². The van der Waals surface area contributed by atoms with E-state index in [9.17, 15) is 0 Å². The number of aromatic nitrogens is 1. The van der Waals surface area contributed by atoms with Crippen LogP contribution in [0.1, 0.15) is 75.5 Å². The fraction of sp³-hybridized carbons (Fsp3) is 0.164. The van der Waals surface area contributed by atoms with Crippen LogP contribution in [0.5, 0.6) is 0 Å². The third kappa shape index (κ3) is 8.20. The fourth-order valence-electron chi connectivity index (χ4n) is 11.4. The average molecular weight is 908 g/mol. The van der Waals surface area contributed by atoms with E-state index in [1.165, 1.54) is 99.4 Å². The van der Waals surface area contributed by atoms with Gasteiger partial charge in [0.25, 0.3) is 0 Å². The third-order valence-corrected chi connectivity index (χ3v) is 14.8. The quantitative estimate of drug-likeness (QED) is 0.143. The second-order valence-corrected chi connectivity index (χ2v) is 18.9. The normalized spacial score (nSPS) is 15.9. The molecule has 12 rings (SSSR count). The minimum atomic E-state index is 0.169. The largest absolute Gasteiger partial charge is 0.348 e. The number of hydrogen-bond acceptors (Lipinski definition) is 2. The molecule has 1 unspecified atom stereocenters. The molecule has 344 valence electrons. The average Bonchev–Trinajstić information content (AvgIpc) is 3.75. The molecule has 0 spiro atoms. The first-order valence-electron chi connectivity index (χ1n) is 25.3. The van der Waals surface area contributed by atoms with Gasteiger partial charge < -0.3 is 14.4 Å². The lowest BCUT2D eigenvalue weighted by Crippen LogP contribution is -2.24. The van der Waals surface area contributed by atoms with Gasteiger partial charge in [-0.3, -0.25) is 0 Å². The van der Waals surface area contributed by atoms with Crippen molar-refractivity contribution >= 4 is 66.0 Å². The summed E-state index contributed by atoms with van der Waals surface area (Å²) in [5, 5.41) is 7.65. The van der Waals surface area contributed by atoms with E-state index in [0.717, 1.165) is 49.2 Å². The SMILES string of the molecule is CC.CC1=C(c2c(C)ccc3cc(C4CC(C5=CC(N(c6ccc7ccccc7c6)c6ccc7c8ccccc8n(-c8ccccc8)c7c6)=CCC5)=CC=C4N(C)c4ccccc4)ccc23)CCC=C1. The molecule has 0 radical (unpaired) electrons. The topological polar surface area (TPSA) is 11.4 Å². The zero-order valence-electron chi connectivity index (χ0n) is 41.2. The molecule has 0 N–H and O–H groups in total. The van der Waals surface area contributed by atoms with Crippen LogP contribution >= 0.6 is 0 Å². The summed E-state index contributed by atoms with van der Waals surface area (Å²) in [5.74, 6) is 0.169. The van der Waals surface area contributed by atoms with E-state index in [-0.39, 0.29) is 5.92 Å². The number of nitrogens with zero attached hydrogens (tertiary/aromatic N) is 3. The van der Waals surface area contributed by atoms with E-state index in [1.807, 2.05) is 13.8 Å². The van der Waals surface area contributed by atoms with Crippen molar-refractivity contribution in [2.45, 2.75) is 65.7 Å². The van der Waals surface area contributed by atoms with Crippen molar-refractivity contribution in [2.24, 2.45) is 0 Å². The van der Waals surface area contributed by atoms with Crippen LogP contribution in [0.25, 0.3) is 54.6 Å². The molecule has 9 aromatic rings. The first-order valence-corrected chi connectivity index (χ1v) is 25.3. The second kappa shape index (κ2) is 19.3. The van der Waals surface area contributed by atoms with Crippen LogP contribution in [-0.2, 0) is 0 Å². The second-order valence-electron chi connectivity index (χ2n) is 18.9. The molecule has 0 bridgehead atoms. The smallest absolute Gasteiger partial charge is 0.0561 e. The number of aryl methyl sites for hydroxylation is 1. The maximum atomic E-state index is 2.49. The third-order valence-electron chi connectivity index (χ3n) is 14.8. The van der Waals surface area contributed by atoms with Gasteiger partial charge in [-0.15, -0.1) is 0 Å². The first kappa shape index (κ1) is 44.6. The zero-order chi connectivity index (χ0) is 47.7. The molecule has 3 heteroatoms. The number of anilines is 3. The Morgan fingerprint density at radius 3 is 2.07 bits per heavy atom. The van der Waals surface area contributed by atoms with Crippen molar-refractivity contribution in [1.29, 1.82) is 0 Å². The minimum absolute atomic E-state index is 0.169. The number of hydrogen-bond donors (Lipinski definition) is 0. The monoisotopic (exact) mass is 907 g/mol. The molecule has 3 aliphatic rings. The zero-order valence-corrected chi connectivity index (χ0v) is 41.2. The van der Waals surface area contributed by atoms with E-state index in [1.54, 1.807) is 0 Å². The summed E-state index contributed by atoms with van der Waals surface area (Å²) in [6.07, 6.45) is 19.4. The van der Waals surface area contributed by atoms with Crippen LogP contribution in [-0.4, -0.2) is 11.6 Å². The van der Waals surface area contributed by atoms with Gasteiger partial charge in [0.15, 0.2) is 0 Å². The molecule has 8 aromatic carbocycles. The summed E-state index contributed by atoms with van der Waals surface area (Å²) in [4.78, 5) is 4.89. The fourth-order valence-corrected chi connectivity index (χ4v) is 11.4. The highest BCUT2D eigenvalue weighted by Crippen LogP contribution is 2.45. The van der Waals surface area contributed by atoms with E-state index in [2.05, 4.69) is 248 Å². The number of likely N-dealkylation sites (N-methyl/N-ethyl adjacent to an activating group) is 1. The lowest BCUT2D eigenvalue weighted by molar-refractivity contribution is 0.731. The minimum Gasteiger partial charge on any atom is -0.348 e. The van der Waals surface area contributed by atoms with Crippen LogP contribution in [0.15, 0.2) is 240 Å². The molecule has 1 heterocycles. The summed E-state index contributed by atoms with van der Waals surface area (Å²) in [6.45, 7) is 8.55. The van der Waals surface area contributed by atoms with Gasteiger partial charge in [-0.1, -0.05) is 159 Å². The summed E-state index contributed by atoms with van der Waals surface area (Å²) >= 11 is 0. The highest BCUT2D eigenvalue weighted by molar-refractivity contribution is 6.10. The standard InChI is InChI=1S/C65H55N3.C2H6/c1-44-17-10-13-26-57(44)65-45(2)29-30-50-39-51(32-36-58(50)65)61-42-49(33-38-62(61)66(3)52-21-6-4-7-22-52)48-20-16-25-54(41-48)67(55-34-31-46-18-11-12-19-47(46)40-55)56-35-37-60-59-27-14-15-28-63(59)68(64(60)43-56)53-23-8-5-9-24-53;1-2/h4-12,14-15,17-19,21-25,27-41,43,61H,13,16,20,26,42H2,1-3H3;1-2H3. The predicted octanol–water partition coefficient (Wildman–Crippen LogP) is 18.4. The molecule has 0 fully saturated rings. The van der Waals surface area contributed by atoms with Gasteiger partial charge in [0.1, 0.15) is 0 Å². The number of fused-ring (bicyclic) bond motifs is 5. The van der Waals surface area contributed by atoms with Crippen LogP contribution in [0.4, 0.5) is 17.1 Å². The predicted molar refractivity (Wildman–Crippen MR) is 302 cm³/mol. The molecule has 1 atom stereocenters. The van der Waals surface area contributed by atoms with Gasteiger partial charge >= 0.3 is 0 Å². The Balaban J connectivity index is 0.00000263. The Morgan fingerprint density at radius 1 is 0.543 bits per heavy atom. The highest BCUT2D eigenvalue weighted by Gasteiger charge is 2.28. The van der Waals surface area contributed by atoms with Gasteiger partial charge in [-0.25, -0.2) is 0 Å². The summed E-state index contributed by atoms with van der Waals surface area (Å²) in [5.41, 5.74) is 19.4. The summed E-state index contributed by atoms with van der Waals surface area (Å²) < 4.78 is 2.42. The molecule has 0 saturated carbocycles. The van der Waals surface area contributed by atoms with Gasteiger partial charge in [0, 0.05) is 57.9 Å². The molecule has 3 nitrogen and oxygen atoms in total. The van der Waals surface area contributed by atoms with Crippen LogP contribution in [0.3, 0.4) is 0 Å². The first-order chi connectivity index (χ1) is 34.5. The Hall–Kier alpha value is -7.88. The Labute approximate surface area is 414 Å². The van der Waals surface area contributed by atoms with Crippen molar-refractivity contribution in [3.05, 3.63) is 257 Å². The molecule has 0 saturated heterocycles. The molecular weight excluding hydrogens is 847 g/mol. The molecular formula is C67H61N3. The van der Waals surface area contributed by atoms with E-state index < -0.39 is 0 Å². The van der Waals surface area contributed by atoms with E-state index in [0.29, 0.717) is 0 Å². The van der Waals surface area contributed by atoms with Crippen LogP contribution in [0, 0.1) is 6.92 Å². The highest BCUT2D eigenvalue weighted by atomic mass is 15.2. The van der Waals surface area contributed by atoms with E-state index >= 15 is 0 Å². The Morgan fingerprint density at radius 2 is 1.24 bits per heavy atom. The molecule has 70 heavy (non-hydrogen) atoms. The van der Waals surface area contributed by atoms with Gasteiger partial charge in [0.05, 0.1) is 11.0 Å². The van der Waals surface area contributed by atoms with Gasteiger partial charge in [-0.05, 0) is 173 Å². The number of allylic oxidation sites excluding steroid dienone is 11. The maximum absolute atomic E-state index is 2.49. The summed E-state index contributed by atoms with van der Waals surface area (Å²) in [6, 6.07) is 65.1. The Bertz CT molecular complexity index is 3630. The van der Waals surface area contributed by atoms with Crippen molar-refractivity contribution in [3.63, 3.8) is 0 Å². The maximum Gasteiger partial charge on any atom is 0.0561 e. The van der Waals surface area contributed by atoms with Crippen molar-refractivity contribution in [2.75, 3.05) is 16.8 Å². The van der Waals surface area contributed by atoms with Crippen molar-refractivity contribution < 1.29 is 0 Å². The number of rotatable bonds is 9. The molecule has 1 aromatic heterocycles. The van der Waals surface area contributed by atoms with Crippen molar-refractivity contribution in [3.8, 4) is 5.69 Å². The molecule has 0 amide bonds. The van der Waals surface area contributed by atoms with Crippen molar-refractivity contribution in [1.82, 2.24) is 4.57 Å². The van der Waals surface area contributed by atoms with Gasteiger partial charge in [0.2, 0.25) is 0 Å². The number of para-hydroxylation sites is 3. The number of benzene rings is 8. The summed E-state index contributed by atoms with van der Waals surface area (Å²) in [7, 11) is 2.23. The van der Waals surface area contributed by atoms with Crippen LogP contribution in [0.2, 0.25) is 0 Å². The lowest BCUT2D eigenvalue weighted by atomic mass is 9.79.